The van der Waals surface area contributed by atoms with Gasteiger partial charge in [-0.25, -0.2) is 18.0 Å². The van der Waals surface area contributed by atoms with E-state index in [1.165, 1.54) is 42.5 Å². The molecule has 0 amide bonds. The summed E-state index contributed by atoms with van der Waals surface area (Å²) in [4.78, 5) is 27.1. The topological polar surface area (TPSA) is 132 Å². The smallest absolute Gasteiger partial charge is 0.335 e. The second-order valence-electron chi connectivity index (χ2n) is 4.78. The van der Waals surface area contributed by atoms with E-state index < -0.39 is 21.7 Å². The first kappa shape index (κ1) is 14.9. The van der Waals surface area contributed by atoms with Crippen molar-refractivity contribution >= 4 is 32.7 Å². The fourth-order valence-corrected chi connectivity index (χ4v) is 3.18. The van der Waals surface area contributed by atoms with Gasteiger partial charge in [0, 0.05) is 5.69 Å². The minimum Gasteiger partial charge on any atom is -0.478 e. The first-order valence-corrected chi connectivity index (χ1v) is 7.92. The maximum absolute atomic E-state index is 12.4. The maximum Gasteiger partial charge on any atom is 0.335 e. The average molecular weight is 333 g/mol. The molecule has 0 aliphatic heterocycles. The highest BCUT2D eigenvalue weighted by atomic mass is 32.2. The zero-order valence-electron chi connectivity index (χ0n) is 11.5. The Morgan fingerprint density at radius 3 is 2.52 bits per heavy atom. The van der Waals surface area contributed by atoms with Crippen LogP contribution in [0.1, 0.15) is 10.4 Å². The molecule has 3 aromatic rings. The predicted molar refractivity (Wildman–Crippen MR) is 83.1 cm³/mol. The van der Waals surface area contributed by atoms with Crippen molar-refractivity contribution < 1.29 is 18.3 Å². The number of nitrogens with one attached hydrogen (secondary N) is 3. The first-order valence-electron chi connectivity index (χ1n) is 6.43. The molecule has 3 rings (SSSR count). The van der Waals surface area contributed by atoms with E-state index in [-0.39, 0.29) is 16.1 Å². The number of carboxylic acid groups (broad SMARTS) is 1. The van der Waals surface area contributed by atoms with Gasteiger partial charge >= 0.3 is 11.7 Å². The van der Waals surface area contributed by atoms with Gasteiger partial charge in [0.05, 0.1) is 21.5 Å². The van der Waals surface area contributed by atoms with Crippen LogP contribution in [-0.4, -0.2) is 29.5 Å². The van der Waals surface area contributed by atoms with Gasteiger partial charge in [0.2, 0.25) is 0 Å². The van der Waals surface area contributed by atoms with Crippen LogP contribution >= 0.6 is 0 Å². The molecule has 0 saturated carbocycles. The molecule has 23 heavy (non-hydrogen) atoms. The van der Waals surface area contributed by atoms with E-state index in [2.05, 4.69) is 14.7 Å². The van der Waals surface area contributed by atoms with Crippen molar-refractivity contribution in [1.29, 1.82) is 0 Å². The number of hydrogen-bond donors (Lipinski definition) is 4. The van der Waals surface area contributed by atoms with Crippen molar-refractivity contribution in [3.8, 4) is 0 Å². The highest BCUT2D eigenvalue weighted by Crippen LogP contribution is 2.19. The summed E-state index contributed by atoms with van der Waals surface area (Å²) < 4.78 is 27.1. The van der Waals surface area contributed by atoms with Crippen LogP contribution in [0.3, 0.4) is 0 Å². The Balaban J connectivity index is 1.98. The Morgan fingerprint density at radius 1 is 1.04 bits per heavy atom. The van der Waals surface area contributed by atoms with Crippen molar-refractivity contribution in [1.82, 2.24) is 9.97 Å². The molecule has 0 fully saturated rings. The number of aromatic carboxylic acids is 1. The van der Waals surface area contributed by atoms with Crippen LogP contribution < -0.4 is 10.4 Å². The number of anilines is 1. The third kappa shape index (κ3) is 2.94. The lowest BCUT2D eigenvalue weighted by atomic mass is 10.2. The quantitative estimate of drug-likeness (QED) is 0.572. The second-order valence-corrected chi connectivity index (χ2v) is 6.46. The summed E-state index contributed by atoms with van der Waals surface area (Å²) in [5, 5.41) is 8.93. The summed E-state index contributed by atoms with van der Waals surface area (Å²) in [6.45, 7) is 0. The summed E-state index contributed by atoms with van der Waals surface area (Å²) in [5.41, 5.74) is 0.513. The molecular weight excluding hydrogens is 322 g/mol. The maximum atomic E-state index is 12.4. The fraction of sp³-hybridized carbons (Fsp3) is 0. The van der Waals surface area contributed by atoms with Crippen LogP contribution in [0, 0.1) is 0 Å². The van der Waals surface area contributed by atoms with Gasteiger partial charge in [0.15, 0.2) is 0 Å². The third-order valence-electron chi connectivity index (χ3n) is 3.16. The minimum atomic E-state index is -3.92. The monoisotopic (exact) mass is 333 g/mol. The molecule has 0 radical (unpaired) electrons. The summed E-state index contributed by atoms with van der Waals surface area (Å²) in [7, 11) is -3.92. The standard InChI is InChI=1S/C14H11N3O5S/c18-13(19)8-2-1-3-9(6-8)17-23(21,22)10-4-5-11-12(7-10)16-14(20)15-11/h1-7,17H,(H,18,19)(H2,15,16,20). The normalized spacial score (nSPS) is 11.5. The molecule has 2 aromatic carbocycles. The molecule has 1 heterocycles. The summed E-state index contributed by atoms with van der Waals surface area (Å²) in [6.07, 6.45) is 0. The zero-order chi connectivity index (χ0) is 16.6. The zero-order valence-corrected chi connectivity index (χ0v) is 12.3. The van der Waals surface area contributed by atoms with Gasteiger partial charge in [-0.1, -0.05) is 6.07 Å². The van der Waals surface area contributed by atoms with Gasteiger partial charge < -0.3 is 15.1 Å². The molecule has 0 bridgehead atoms. The molecule has 118 valence electrons. The van der Waals surface area contributed by atoms with Crippen molar-refractivity contribution in [2.75, 3.05) is 4.72 Å². The molecule has 0 aliphatic carbocycles. The Morgan fingerprint density at radius 2 is 1.78 bits per heavy atom. The number of carbonyl (C=O) groups is 1. The molecule has 0 aliphatic rings. The highest BCUT2D eigenvalue weighted by Gasteiger charge is 2.16. The number of rotatable bonds is 4. The lowest BCUT2D eigenvalue weighted by molar-refractivity contribution is 0.0697. The van der Waals surface area contributed by atoms with Crippen molar-refractivity contribution in [3.05, 3.63) is 58.5 Å². The Kier molecular flexibility index (Phi) is 3.41. The van der Waals surface area contributed by atoms with E-state index in [0.29, 0.717) is 11.0 Å². The van der Waals surface area contributed by atoms with Crippen molar-refractivity contribution in [2.24, 2.45) is 0 Å². The number of benzene rings is 2. The lowest BCUT2D eigenvalue weighted by Gasteiger charge is -2.08. The Labute approximate surface area is 129 Å². The Bertz CT molecular complexity index is 1070. The molecule has 4 N–H and O–H groups in total. The molecule has 0 atom stereocenters. The Hall–Kier alpha value is -3.07. The van der Waals surface area contributed by atoms with Gasteiger partial charge in [-0.15, -0.1) is 0 Å². The van der Waals surface area contributed by atoms with Crippen LogP contribution in [0.2, 0.25) is 0 Å². The van der Waals surface area contributed by atoms with E-state index in [9.17, 15) is 18.0 Å². The van der Waals surface area contributed by atoms with E-state index in [0.717, 1.165) is 0 Å². The van der Waals surface area contributed by atoms with Crippen LogP contribution in [0.5, 0.6) is 0 Å². The number of aromatic amines is 2. The van der Waals surface area contributed by atoms with Gasteiger partial charge in [-0.3, -0.25) is 4.72 Å². The van der Waals surface area contributed by atoms with Gasteiger partial charge in [-0.2, -0.15) is 0 Å². The second kappa shape index (κ2) is 5.29. The van der Waals surface area contributed by atoms with E-state index in [1.54, 1.807) is 0 Å². The number of imidazole rings is 1. The summed E-state index contributed by atoms with van der Waals surface area (Å²) in [5.74, 6) is -1.16. The molecule has 0 spiro atoms. The van der Waals surface area contributed by atoms with E-state index in [4.69, 9.17) is 5.11 Å². The van der Waals surface area contributed by atoms with Gasteiger partial charge in [0.1, 0.15) is 0 Å². The SMILES string of the molecule is O=C(O)c1cccc(NS(=O)(=O)c2ccc3[nH]c(=O)[nH]c3c2)c1. The molecule has 9 heteroatoms. The van der Waals surface area contributed by atoms with Crippen molar-refractivity contribution in [3.63, 3.8) is 0 Å². The predicted octanol–water partition coefficient (Wildman–Crippen LogP) is 1.36. The summed E-state index contributed by atoms with van der Waals surface area (Å²) in [6, 6.07) is 9.59. The molecule has 8 nitrogen and oxygen atoms in total. The largest absolute Gasteiger partial charge is 0.478 e. The van der Waals surface area contributed by atoms with Gasteiger partial charge in [-0.05, 0) is 36.4 Å². The number of sulfonamides is 1. The van der Waals surface area contributed by atoms with Crippen LogP contribution in [-0.2, 0) is 10.0 Å². The first-order chi connectivity index (χ1) is 10.8. The number of fused-ring (bicyclic) bond motifs is 1. The number of aromatic nitrogens is 2. The molecular formula is C14H11N3O5S. The van der Waals surface area contributed by atoms with Crippen LogP contribution in [0.25, 0.3) is 11.0 Å². The van der Waals surface area contributed by atoms with E-state index in [1.807, 2.05) is 0 Å². The van der Waals surface area contributed by atoms with E-state index >= 15 is 0 Å². The minimum absolute atomic E-state index is 0.0318. The number of H-pyrrole nitrogens is 2. The molecule has 1 aromatic heterocycles. The van der Waals surface area contributed by atoms with Crippen LogP contribution in [0.4, 0.5) is 5.69 Å². The van der Waals surface area contributed by atoms with Gasteiger partial charge in [0.25, 0.3) is 10.0 Å². The summed E-state index contributed by atoms with van der Waals surface area (Å²) >= 11 is 0. The van der Waals surface area contributed by atoms with Crippen LogP contribution in [0.15, 0.2) is 52.2 Å². The van der Waals surface area contributed by atoms with Crippen molar-refractivity contribution in [2.45, 2.75) is 4.90 Å². The molecule has 0 saturated heterocycles. The third-order valence-corrected chi connectivity index (χ3v) is 4.54. The molecule has 0 unspecified atom stereocenters. The highest BCUT2D eigenvalue weighted by molar-refractivity contribution is 7.92. The fourth-order valence-electron chi connectivity index (χ4n) is 2.11. The number of hydrogen-bond acceptors (Lipinski definition) is 4. The average Bonchev–Trinajstić information content (AvgIpc) is 2.86. The number of carboxylic acids is 1. The lowest BCUT2D eigenvalue weighted by Crippen LogP contribution is -2.13.